The molecule has 20 heavy (non-hydrogen) atoms. The van der Waals surface area contributed by atoms with Gasteiger partial charge in [0.1, 0.15) is 0 Å². The zero-order valence-electron chi connectivity index (χ0n) is 11.3. The Morgan fingerprint density at radius 3 is 3.00 bits per heavy atom. The fourth-order valence-corrected chi connectivity index (χ4v) is 3.39. The lowest BCUT2D eigenvalue weighted by atomic mass is 9.98. The van der Waals surface area contributed by atoms with Gasteiger partial charge in [0.25, 0.3) is 0 Å². The molecule has 3 nitrogen and oxygen atoms in total. The highest BCUT2D eigenvalue weighted by atomic mass is 79.9. The molecule has 0 aliphatic carbocycles. The van der Waals surface area contributed by atoms with Crippen LogP contribution in [0.1, 0.15) is 29.6 Å². The second-order valence-corrected chi connectivity index (χ2v) is 6.61. The van der Waals surface area contributed by atoms with Gasteiger partial charge in [0.2, 0.25) is 0 Å². The number of halogens is 2. The molecule has 1 aromatic carbocycles. The highest BCUT2D eigenvalue weighted by Crippen LogP contribution is 2.23. The molecule has 1 fully saturated rings. The molecule has 1 aromatic rings. The van der Waals surface area contributed by atoms with Gasteiger partial charge in [-0.3, -0.25) is 4.79 Å². The van der Waals surface area contributed by atoms with Gasteiger partial charge < -0.3 is 10.0 Å². The molecular weight excluding hydrogens is 342 g/mol. The number of aliphatic hydroxyl groups is 1. The van der Waals surface area contributed by atoms with Crippen molar-refractivity contribution in [3.05, 3.63) is 33.3 Å². The largest absolute Gasteiger partial charge is 0.396 e. The van der Waals surface area contributed by atoms with Crippen molar-refractivity contribution in [1.29, 1.82) is 0 Å². The summed E-state index contributed by atoms with van der Waals surface area (Å²) in [6.07, 6.45) is 2.65. The van der Waals surface area contributed by atoms with E-state index >= 15 is 0 Å². The van der Waals surface area contributed by atoms with Gasteiger partial charge in [0.05, 0.1) is 5.02 Å². The summed E-state index contributed by atoms with van der Waals surface area (Å²) in [5.41, 5.74) is 0.589. The van der Waals surface area contributed by atoms with Crippen molar-refractivity contribution in [2.24, 2.45) is 5.92 Å². The minimum Gasteiger partial charge on any atom is -0.396 e. The number of carbonyl (C=O) groups excluding carboxylic acids is 1. The first-order valence-corrected chi connectivity index (χ1v) is 8.08. The third kappa shape index (κ3) is 4.29. The van der Waals surface area contributed by atoms with Crippen LogP contribution in [-0.4, -0.2) is 42.0 Å². The summed E-state index contributed by atoms with van der Waals surface area (Å²) >= 11 is 9.43. The third-order valence-corrected chi connectivity index (χ3v) is 4.55. The van der Waals surface area contributed by atoms with E-state index in [9.17, 15) is 9.90 Å². The molecule has 2 rings (SSSR count). The van der Waals surface area contributed by atoms with E-state index in [4.69, 9.17) is 11.6 Å². The number of aliphatic hydroxyl groups excluding tert-OH is 1. The summed E-state index contributed by atoms with van der Waals surface area (Å²) in [5, 5.41) is 9.71. The van der Waals surface area contributed by atoms with Crippen LogP contribution in [-0.2, 0) is 0 Å². The number of benzene rings is 1. The highest BCUT2D eigenvalue weighted by Gasteiger charge is 2.20. The molecular formula is C15H19BrClNO2. The van der Waals surface area contributed by atoms with Gasteiger partial charge in [0.15, 0.2) is 5.78 Å². The number of likely N-dealkylation sites (tertiary alicyclic amines) is 1. The zero-order chi connectivity index (χ0) is 14.5. The van der Waals surface area contributed by atoms with E-state index in [1.807, 2.05) is 6.07 Å². The minimum atomic E-state index is 0.0774. The van der Waals surface area contributed by atoms with Gasteiger partial charge in [-0.25, -0.2) is 0 Å². The maximum atomic E-state index is 12.2. The van der Waals surface area contributed by atoms with Crippen molar-refractivity contribution in [3.63, 3.8) is 0 Å². The molecule has 1 saturated heterocycles. The molecule has 0 aromatic heterocycles. The van der Waals surface area contributed by atoms with E-state index in [1.54, 1.807) is 12.1 Å². The van der Waals surface area contributed by atoms with Crippen molar-refractivity contribution in [2.75, 3.05) is 26.2 Å². The second-order valence-electron chi connectivity index (χ2n) is 5.29. The maximum absolute atomic E-state index is 12.2. The van der Waals surface area contributed by atoms with Crippen molar-refractivity contribution >= 4 is 33.3 Å². The number of hydrogen-bond acceptors (Lipinski definition) is 3. The quantitative estimate of drug-likeness (QED) is 0.818. The minimum absolute atomic E-state index is 0.0774. The molecule has 0 bridgehead atoms. The number of ketones is 1. The lowest BCUT2D eigenvalue weighted by Gasteiger charge is -2.31. The van der Waals surface area contributed by atoms with Crippen LogP contribution < -0.4 is 0 Å². The summed E-state index contributed by atoms with van der Waals surface area (Å²) in [5.74, 6) is 0.434. The van der Waals surface area contributed by atoms with Crippen LogP contribution in [0.15, 0.2) is 22.7 Å². The van der Waals surface area contributed by atoms with Gasteiger partial charge in [-0.1, -0.05) is 27.5 Å². The second kappa shape index (κ2) is 7.55. The Bertz CT molecular complexity index is 481. The molecule has 0 amide bonds. The summed E-state index contributed by atoms with van der Waals surface area (Å²) in [6.45, 7) is 2.88. The molecule has 5 heteroatoms. The zero-order valence-corrected chi connectivity index (χ0v) is 13.7. The molecule has 1 aliphatic heterocycles. The van der Waals surface area contributed by atoms with Crippen LogP contribution in [0.2, 0.25) is 5.02 Å². The van der Waals surface area contributed by atoms with E-state index < -0.39 is 0 Å². The number of piperidine rings is 1. The van der Waals surface area contributed by atoms with Gasteiger partial charge in [-0.05, 0) is 43.5 Å². The Balaban J connectivity index is 1.88. The van der Waals surface area contributed by atoms with E-state index in [2.05, 4.69) is 20.8 Å². The fraction of sp³-hybridized carbons (Fsp3) is 0.533. The van der Waals surface area contributed by atoms with Gasteiger partial charge in [-0.15, -0.1) is 0 Å². The molecule has 0 spiro atoms. The molecule has 1 aliphatic rings. The Morgan fingerprint density at radius 2 is 2.30 bits per heavy atom. The molecule has 1 atom stereocenters. The molecule has 1 N–H and O–H groups in total. The summed E-state index contributed by atoms with van der Waals surface area (Å²) < 4.78 is 0.876. The molecule has 0 radical (unpaired) electrons. The number of nitrogens with zero attached hydrogens (tertiary/aromatic N) is 1. The van der Waals surface area contributed by atoms with Gasteiger partial charge in [0, 0.05) is 36.2 Å². The fourth-order valence-electron chi connectivity index (χ4n) is 2.61. The predicted octanol–water partition coefficient (Wildman–Crippen LogP) is 3.38. The molecule has 1 heterocycles. The van der Waals surface area contributed by atoms with Crippen LogP contribution in [0.3, 0.4) is 0 Å². The molecule has 1 unspecified atom stereocenters. The first kappa shape index (κ1) is 16.0. The van der Waals surface area contributed by atoms with Crippen molar-refractivity contribution in [1.82, 2.24) is 4.90 Å². The number of carbonyl (C=O) groups is 1. The van der Waals surface area contributed by atoms with Crippen LogP contribution in [0.5, 0.6) is 0 Å². The first-order chi connectivity index (χ1) is 9.60. The standard InChI is InChI=1S/C15H19BrClNO2/c16-12-3-4-13(14(17)8-12)15(20)5-7-18-6-1-2-11(9-18)10-19/h3-4,8,11,19H,1-2,5-7,9-10H2. The summed E-state index contributed by atoms with van der Waals surface area (Å²) in [4.78, 5) is 14.5. The number of rotatable bonds is 5. The predicted molar refractivity (Wildman–Crippen MR) is 84.3 cm³/mol. The Hall–Kier alpha value is -0.420. The number of hydrogen-bond donors (Lipinski definition) is 1. The monoisotopic (exact) mass is 359 g/mol. The summed E-state index contributed by atoms with van der Waals surface area (Å²) in [7, 11) is 0. The first-order valence-electron chi connectivity index (χ1n) is 6.91. The number of Topliss-reactive ketones (excluding diaryl/α,β-unsaturated/α-hetero) is 1. The molecule has 0 saturated carbocycles. The van der Waals surface area contributed by atoms with Crippen molar-refractivity contribution in [3.8, 4) is 0 Å². The normalized spacial score (nSPS) is 20.1. The Morgan fingerprint density at radius 1 is 1.50 bits per heavy atom. The van der Waals surface area contributed by atoms with Crippen LogP contribution in [0, 0.1) is 5.92 Å². The lowest BCUT2D eigenvalue weighted by molar-refractivity contribution is 0.0917. The average molecular weight is 361 g/mol. The van der Waals surface area contributed by atoms with E-state index in [1.165, 1.54) is 0 Å². The smallest absolute Gasteiger partial charge is 0.165 e. The lowest BCUT2D eigenvalue weighted by Crippen LogP contribution is -2.37. The van der Waals surface area contributed by atoms with E-state index in [0.717, 1.165) is 36.9 Å². The van der Waals surface area contributed by atoms with Crippen LogP contribution in [0.25, 0.3) is 0 Å². The van der Waals surface area contributed by atoms with Crippen molar-refractivity contribution in [2.45, 2.75) is 19.3 Å². The van der Waals surface area contributed by atoms with E-state index in [-0.39, 0.29) is 12.4 Å². The molecule has 110 valence electrons. The average Bonchev–Trinajstić information content (AvgIpc) is 2.45. The Labute approximate surface area is 133 Å². The topological polar surface area (TPSA) is 40.5 Å². The van der Waals surface area contributed by atoms with Gasteiger partial charge >= 0.3 is 0 Å². The SMILES string of the molecule is O=C(CCN1CCCC(CO)C1)c1ccc(Br)cc1Cl. The van der Waals surface area contributed by atoms with Crippen LogP contribution in [0.4, 0.5) is 0 Å². The summed E-state index contributed by atoms with van der Waals surface area (Å²) in [6, 6.07) is 5.35. The van der Waals surface area contributed by atoms with E-state index in [0.29, 0.717) is 22.9 Å². The van der Waals surface area contributed by atoms with Gasteiger partial charge in [-0.2, -0.15) is 0 Å². The highest BCUT2D eigenvalue weighted by molar-refractivity contribution is 9.10. The maximum Gasteiger partial charge on any atom is 0.165 e. The van der Waals surface area contributed by atoms with Crippen molar-refractivity contribution < 1.29 is 9.90 Å². The van der Waals surface area contributed by atoms with Crippen LogP contribution >= 0.6 is 27.5 Å². The Kier molecular flexibility index (Phi) is 6.02. The third-order valence-electron chi connectivity index (χ3n) is 3.75.